The molecule has 0 aliphatic carbocycles. The lowest BCUT2D eigenvalue weighted by Gasteiger charge is -2.35. The normalized spacial score (nSPS) is 16.5. The fourth-order valence-corrected chi connectivity index (χ4v) is 3.42. The topological polar surface area (TPSA) is 61.6 Å². The molecule has 1 aliphatic rings. The smallest absolute Gasteiger partial charge is 0.234 e. The van der Waals surface area contributed by atoms with Crippen molar-refractivity contribution < 1.29 is 4.79 Å². The molecule has 140 valence electrons. The van der Waals surface area contributed by atoms with Crippen LogP contribution in [0.1, 0.15) is 32.3 Å². The first kappa shape index (κ1) is 19.9. The lowest BCUT2D eigenvalue weighted by Crippen LogP contribution is -2.49. The summed E-state index contributed by atoms with van der Waals surface area (Å²) in [6.45, 7) is 9.24. The van der Waals surface area contributed by atoms with Crippen LogP contribution < -0.4 is 11.1 Å². The highest BCUT2D eigenvalue weighted by Gasteiger charge is 2.22. The first-order chi connectivity index (χ1) is 12.1. The van der Waals surface area contributed by atoms with Gasteiger partial charge in [-0.1, -0.05) is 30.3 Å². The van der Waals surface area contributed by atoms with Crippen molar-refractivity contribution in [1.82, 2.24) is 15.1 Å². The minimum absolute atomic E-state index is 0.129. The van der Waals surface area contributed by atoms with Gasteiger partial charge in [0.15, 0.2) is 0 Å². The summed E-state index contributed by atoms with van der Waals surface area (Å²) in [7, 11) is 0. The predicted molar refractivity (Wildman–Crippen MR) is 104 cm³/mol. The molecule has 0 saturated carbocycles. The molecule has 1 heterocycles. The van der Waals surface area contributed by atoms with Gasteiger partial charge in [-0.25, -0.2) is 0 Å². The van der Waals surface area contributed by atoms with Gasteiger partial charge < -0.3 is 16.0 Å². The van der Waals surface area contributed by atoms with Gasteiger partial charge in [-0.05, 0) is 38.7 Å². The Hall–Kier alpha value is -1.43. The van der Waals surface area contributed by atoms with Crippen LogP contribution in [0.5, 0.6) is 0 Å². The van der Waals surface area contributed by atoms with Crippen LogP contribution in [0.4, 0.5) is 0 Å². The number of piperidine rings is 1. The maximum Gasteiger partial charge on any atom is 0.234 e. The number of rotatable bonds is 9. The van der Waals surface area contributed by atoms with Gasteiger partial charge in [-0.3, -0.25) is 9.69 Å². The summed E-state index contributed by atoms with van der Waals surface area (Å²) in [5, 5.41) is 3.22. The molecule has 5 nitrogen and oxygen atoms in total. The fraction of sp³-hybridized carbons (Fsp3) is 0.650. The first-order valence-corrected chi connectivity index (χ1v) is 9.58. The monoisotopic (exact) mass is 346 g/mol. The van der Waals surface area contributed by atoms with Gasteiger partial charge in [0.05, 0.1) is 6.54 Å². The Kier molecular flexibility index (Phi) is 8.38. The molecule has 0 unspecified atom stereocenters. The minimum atomic E-state index is 0.129. The molecule has 0 bridgehead atoms. The summed E-state index contributed by atoms with van der Waals surface area (Å²) in [5.74, 6) is 0.129. The zero-order valence-corrected chi connectivity index (χ0v) is 15.8. The number of likely N-dealkylation sites (tertiary alicyclic amines) is 1. The highest BCUT2D eigenvalue weighted by Crippen LogP contribution is 2.13. The van der Waals surface area contributed by atoms with Crippen LogP contribution in [0.3, 0.4) is 0 Å². The van der Waals surface area contributed by atoms with E-state index < -0.39 is 0 Å². The van der Waals surface area contributed by atoms with Crippen LogP contribution in [0.2, 0.25) is 0 Å². The molecule has 2 rings (SSSR count). The van der Waals surface area contributed by atoms with Crippen LogP contribution in [0.25, 0.3) is 0 Å². The Morgan fingerprint density at radius 2 is 1.92 bits per heavy atom. The SMILES string of the molecule is CC(C)N1CCC(NC(=O)CN(CCN)CCc2ccccc2)CC1. The molecular weight excluding hydrogens is 312 g/mol. The highest BCUT2D eigenvalue weighted by atomic mass is 16.2. The number of nitrogens with one attached hydrogen (secondary N) is 1. The summed E-state index contributed by atoms with van der Waals surface area (Å²) in [6, 6.07) is 11.3. The van der Waals surface area contributed by atoms with E-state index >= 15 is 0 Å². The maximum absolute atomic E-state index is 12.4. The molecule has 0 atom stereocenters. The summed E-state index contributed by atoms with van der Waals surface area (Å²) in [6.07, 6.45) is 3.04. The fourth-order valence-electron chi connectivity index (χ4n) is 3.42. The molecule has 3 N–H and O–H groups in total. The van der Waals surface area contributed by atoms with Crippen molar-refractivity contribution in [2.75, 3.05) is 39.3 Å². The van der Waals surface area contributed by atoms with Crippen molar-refractivity contribution >= 4 is 5.91 Å². The van der Waals surface area contributed by atoms with E-state index in [2.05, 4.69) is 53.2 Å². The molecule has 1 aromatic carbocycles. The van der Waals surface area contributed by atoms with Crippen molar-refractivity contribution in [2.45, 2.75) is 45.2 Å². The second-order valence-electron chi connectivity index (χ2n) is 7.27. The van der Waals surface area contributed by atoms with E-state index in [1.165, 1.54) is 5.56 Å². The number of hydrogen-bond donors (Lipinski definition) is 2. The Balaban J connectivity index is 1.74. The third kappa shape index (κ3) is 7.14. The molecule has 1 saturated heterocycles. The van der Waals surface area contributed by atoms with E-state index in [4.69, 9.17) is 5.73 Å². The van der Waals surface area contributed by atoms with Gasteiger partial charge >= 0.3 is 0 Å². The van der Waals surface area contributed by atoms with Gasteiger partial charge in [0.1, 0.15) is 0 Å². The number of nitrogens with two attached hydrogens (primary N) is 1. The molecule has 0 spiro atoms. The molecule has 25 heavy (non-hydrogen) atoms. The van der Waals surface area contributed by atoms with Crippen LogP contribution in [0.15, 0.2) is 30.3 Å². The van der Waals surface area contributed by atoms with Gasteiger partial charge in [0.25, 0.3) is 0 Å². The zero-order chi connectivity index (χ0) is 18.1. The third-order valence-electron chi connectivity index (χ3n) is 5.00. The Morgan fingerprint density at radius 1 is 1.24 bits per heavy atom. The molecule has 1 aliphatic heterocycles. The Morgan fingerprint density at radius 3 is 2.52 bits per heavy atom. The zero-order valence-electron chi connectivity index (χ0n) is 15.8. The summed E-state index contributed by atoms with van der Waals surface area (Å²) >= 11 is 0. The molecule has 0 aromatic heterocycles. The summed E-state index contributed by atoms with van der Waals surface area (Å²) < 4.78 is 0. The standard InChI is InChI=1S/C20H34N4O/c1-17(2)24-13-9-19(10-14-24)22-20(25)16-23(15-11-21)12-8-18-6-4-3-5-7-18/h3-7,17,19H,8-16,21H2,1-2H3,(H,22,25). The highest BCUT2D eigenvalue weighted by molar-refractivity contribution is 5.78. The lowest BCUT2D eigenvalue weighted by atomic mass is 10.0. The van der Waals surface area contributed by atoms with Gasteiger partial charge in [0.2, 0.25) is 5.91 Å². The van der Waals surface area contributed by atoms with E-state index in [9.17, 15) is 4.79 Å². The van der Waals surface area contributed by atoms with Gasteiger partial charge in [-0.2, -0.15) is 0 Å². The molecule has 1 amide bonds. The number of nitrogens with zero attached hydrogens (tertiary/aromatic N) is 2. The quantitative estimate of drug-likeness (QED) is 0.711. The van der Waals surface area contributed by atoms with Crippen molar-refractivity contribution in [3.05, 3.63) is 35.9 Å². The van der Waals surface area contributed by atoms with Crippen molar-refractivity contribution in [3.8, 4) is 0 Å². The molecule has 1 fully saturated rings. The van der Waals surface area contributed by atoms with Gasteiger partial charge in [-0.15, -0.1) is 0 Å². The number of benzene rings is 1. The number of carbonyl (C=O) groups is 1. The van der Waals surface area contributed by atoms with Crippen molar-refractivity contribution in [3.63, 3.8) is 0 Å². The van der Waals surface area contributed by atoms with Crippen molar-refractivity contribution in [2.24, 2.45) is 5.73 Å². The number of hydrogen-bond acceptors (Lipinski definition) is 4. The Labute approximate surface area is 152 Å². The van der Waals surface area contributed by atoms with E-state index in [0.717, 1.165) is 45.4 Å². The maximum atomic E-state index is 12.4. The summed E-state index contributed by atoms with van der Waals surface area (Å²) in [5.41, 5.74) is 7.02. The van der Waals surface area contributed by atoms with E-state index in [-0.39, 0.29) is 5.91 Å². The van der Waals surface area contributed by atoms with Gasteiger partial charge in [0, 0.05) is 44.8 Å². The van der Waals surface area contributed by atoms with Crippen LogP contribution >= 0.6 is 0 Å². The second kappa shape index (κ2) is 10.5. The second-order valence-corrected chi connectivity index (χ2v) is 7.27. The average molecular weight is 347 g/mol. The third-order valence-corrected chi connectivity index (χ3v) is 5.00. The van der Waals surface area contributed by atoms with E-state index in [0.29, 0.717) is 25.2 Å². The predicted octanol–water partition coefficient (Wildman–Crippen LogP) is 1.48. The van der Waals surface area contributed by atoms with E-state index in [1.807, 2.05) is 6.07 Å². The van der Waals surface area contributed by atoms with Crippen LogP contribution in [-0.4, -0.2) is 67.1 Å². The lowest BCUT2D eigenvalue weighted by molar-refractivity contribution is -0.123. The van der Waals surface area contributed by atoms with E-state index in [1.54, 1.807) is 0 Å². The largest absolute Gasteiger partial charge is 0.352 e. The number of carbonyl (C=O) groups excluding carboxylic acids is 1. The average Bonchev–Trinajstić information content (AvgIpc) is 2.61. The molecular formula is C20H34N4O. The Bertz CT molecular complexity index is 498. The number of amides is 1. The van der Waals surface area contributed by atoms with Crippen LogP contribution in [0, 0.1) is 0 Å². The van der Waals surface area contributed by atoms with Crippen LogP contribution in [-0.2, 0) is 11.2 Å². The molecule has 5 heteroatoms. The molecule has 0 radical (unpaired) electrons. The minimum Gasteiger partial charge on any atom is -0.352 e. The molecule has 1 aromatic rings. The van der Waals surface area contributed by atoms with Crippen molar-refractivity contribution in [1.29, 1.82) is 0 Å². The first-order valence-electron chi connectivity index (χ1n) is 9.58. The summed E-state index contributed by atoms with van der Waals surface area (Å²) in [4.78, 5) is 17.0.